The van der Waals surface area contributed by atoms with Gasteiger partial charge in [0, 0.05) is 12.2 Å². The van der Waals surface area contributed by atoms with Crippen molar-refractivity contribution >= 4 is 21.6 Å². The van der Waals surface area contributed by atoms with E-state index in [1.54, 1.807) is 0 Å². The Morgan fingerprint density at radius 1 is 1.26 bits per heavy atom. The SMILES string of the molecule is Cc1nn(CC2CCCCC2)c(C(=O)Nc2ccc(F)c(S(N)(=O)=O)c2)c1C(F)(F)F. The quantitative estimate of drug-likeness (QED) is 0.659. The summed E-state index contributed by atoms with van der Waals surface area (Å²) in [5, 5.41) is 11.1. The predicted molar refractivity (Wildman–Crippen MR) is 104 cm³/mol. The number of hydrogen-bond donors (Lipinski definition) is 2. The van der Waals surface area contributed by atoms with Gasteiger partial charge < -0.3 is 5.32 Å². The second-order valence-electron chi connectivity index (χ2n) is 7.64. The monoisotopic (exact) mass is 462 g/mol. The van der Waals surface area contributed by atoms with Crippen LogP contribution in [-0.4, -0.2) is 24.1 Å². The van der Waals surface area contributed by atoms with Crippen molar-refractivity contribution in [2.24, 2.45) is 11.1 Å². The molecule has 0 atom stereocenters. The third-order valence-corrected chi connectivity index (χ3v) is 6.20. The average molecular weight is 462 g/mol. The van der Waals surface area contributed by atoms with Gasteiger partial charge in [-0.2, -0.15) is 18.3 Å². The number of primary sulfonamides is 1. The number of halogens is 4. The Bertz CT molecular complexity index is 1090. The number of aromatic nitrogens is 2. The molecule has 3 rings (SSSR count). The zero-order valence-corrected chi connectivity index (χ0v) is 17.5. The Morgan fingerprint density at radius 3 is 2.48 bits per heavy atom. The highest BCUT2D eigenvalue weighted by atomic mass is 32.2. The van der Waals surface area contributed by atoms with Crippen molar-refractivity contribution in [1.82, 2.24) is 9.78 Å². The Balaban J connectivity index is 1.99. The lowest BCUT2D eigenvalue weighted by molar-refractivity contribution is -0.138. The largest absolute Gasteiger partial charge is 0.420 e. The van der Waals surface area contributed by atoms with E-state index in [2.05, 4.69) is 10.4 Å². The lowest BCUT2D eigenvalue weighted by Crippen LogP contribution is -2.25. The third-order valence-electron chi connectivity index (χ3n) is 5.28. The van der Waals surface area contributed by atoms with Crippen LogP contribution in [0.15, 0.2) is 23.1 Å². The Labute approximate surface area is 176 Å². The first-order valence-corrected chi connectivity index (χ1v) is 11.2. The molecule has 1 aliphatic rings. The fraction of sp³-hybridized carbons (Fsp3) is 0.474. The van der Waals surface area contributed by atoms with Gasteiger partial charge in [0.25, 0.3) is 5.91 Å². The number of rotatable bonds is 5. The minimum Gasteiger partial charge on any atom is -0.321 e. The zero-order chi connectivity index (χ0) is 23.0. The number of benzene rings is 1. The highest BCUT2D eigenvalue weighted by Gasteiger charge is 2.41. The molecule has 1 saturated carbocycles. The van der Waals surface area contributed by atoms with Crippen molar-refractivity contribution in [3.8, 4) is 0 Å². The Morgan fingerprint density at radius 2 is 1.90 bits per heavy atom. The molecular weight excluding hydrogens is 440 g/mol. The fourth-order valence-electron chi connectivity index (χ4n) is 3.89. The maximum Gasteiger partial charge on any atom is 0.420 e. The first-order chi connectivity index (χ1) is 14.4. The first-order valence-electron chi connectivity index (χ1n) is 9.66. The topological polar surface area (TPSA) is 107 Å². The Kier molecular flexibility index (Phi) is 6.42. The summed E-state index contributed by atoms with van der Waals surface area (Å²) in [6, 6.07) is 2.54. The van der Waals surface area contributed by atoms with Crippen LogP contribution in [0.4, 0.5) is 23.2 Å². The van der Waals surface area contributed by atoms with Crippen molar-refractivity contribution in [2.45, 2.75) is 56.6 Å². The Hall–Kier alpha value is -2.47. The summed E-state index contributed by atoms with van der Waals surface area (Å²) < 4.78 is 78.9. The molecule has 31 heavy (non-hydrogen) atoms. The average Bonchev–Trinajstić information content (AvgIpc) is 2.99. The minimum absolute atomic E-state index is 0.0977. The molecule has 2 aromatic rings. The van der Waals surface area contributed by atoms with Crippen LogP contribution < -0.4 is 10.5 Å². The van der Waals surface area contributed by atoms with Crippen molar-refractivity contribution in [3.63, 3.8) is 0 Å². The van der Waals surface area contributed by atoms with Gasteiger partial charge >= 0.3 is 6.18 Å². The van der Waals surface area contributed by atoms with Crippen molar-refractivity contribution in [3.05, 3.63) is 41.0 Å². The van der Waals surface area contributed by atoms with Crippen molar-refractivity contribution in [1.29, 1.82) is 0 Å². The third kappa shape index (κ3) is 5.24. The molecule has 0 radical (unpaired) electrons. The highest BCUT2D eigenvalue weighted by Crippen LogP contribution is 2.36. The summed E-state index contributed by atoms with van der Waals surface area (Å²) in [6.45, 7) is 1.33. The summed E-state index contributed by atoms with van der Waals surface area (Å²) >= 11 is 0. The number of anilines is 1. The van der Waals surface area contributed by atoms with Gasteiger partial charge in [0.05, 0.1) is 5.69 Å². The molecular formula is C19H22F4N4O3S. The molecule has 1 aromatic heterocycles. The molecule has 0 unspecified atom stereocenters. The number of nitrogens with one attached hydrogen (secondary N) is 1. The van der Waals surface area contributed by atoms with Crippen LogP contribution in [0.2, 0.25) is 0 Å². The summed E-state index contributed by atoms with van der Waals surface area (Å²) in [5.41, 5.74) is -2.38. The number of amides is 1. The van der Waals surface area contributed by atoms with Crippen LogP contribution >= 0.6 is 0 Å². The van der Waals surface area contributed by atoms with Crippen molar-refractivity contribution in [2.75, 3.05) is 5.32 Å². The number of alkyl halides is 3. The number of nitrogens with two attached hydrogens (primary N) is 1. The maximum absolute atomic E-state index is 13.7. The first kappa shape index (κ1) is 23.2. The van der Waals surface area contributed by atoms with E-state index in [9.17, 15) is 30.8 Å². The molecule has 1 fully saturated rings. The molecule has 1 heterocycles. The lowest BCUT2D eigenvalue weighted by Gasteiger charge is -2.22. The van der Waals surface area contributed by atoms with E-state index < -0.39 is 44.1 Å². The standard InChI is InChI=1S/C19H22F4N4O3S/c1-11-16(19(21,22)23)17(27(26-11)10-12-5-3-2-4-6-12)18(28)25-13-7-8-14(20)15(9-13)31(24,29)30/h7-9,12H,2-6,10H2,1H3,(H,25,28)(H2,24,29,30). The molecule has 12 heteroatoms. The van der Waals surface area contributed by atoms with E-state index in [4.69, 9.17) is 5.14 Å². The second-order valence-corrected chi connectivity index (χ2v) is 9.17. The van der Waals surface area contributed by atoms with E-state index >= 15 is 0 Å². The summed E-state index contributed by atoms with van der Waals surface area (Å²) in [5.74, 6) is -2.18. The molecule has 1 aliphatic carbocycles. The van der Waals surface area contributed by atoms with Gasteiger partial charge in [-0.15, -0.1) is 0 Å². The molecule has 3 N–H and O–H groups in total. The molecule has 1 amide bonds. The van der Waals surface area contributed by atoms with Gasteiger partial charge in [0.2, 0.25) is 10.0 Å². The number of carbonyl (C=O) groups excluding carboxylic acids is 1. The maximum atomic E-state index is 13.7. The van der Waals surface area contributed by atoms with E-state index in [0.717, 1.165) is 55.0 Å². The van der Waals surface area contributed by atoms with Crippen LogP contribution in [0.25, 0.3) is 0 Å². The van der Waals surface area contributed by atoms with Gasteiger partial charge in [-0.25, -0.2) is 17.9 Å². The smallest absolute Gasteiger partial charge is 0.321 e. The normalized spacial score (nSPS) is 15.8. The van der Waals surface area contributed by atoms with Gasteiger partial charge in [0.15, 0.2) is 0 Å². The second kappa shape index (κ2) is 8.58. The van der Waals surface area contributed by atoms with E-state index in [0.29, 0.717) is 0 Å². The molecule has 0 aliphatic heterocycles. The van der Waals surface area contributed by atoms with E-state index in [-0.39, 0.29) is 23.8 Å². The van der Waals surface area contributed by atoms with Crippen molar-refractivity contribution < 1.29 is 30.8 Å². The molecule has 0 bridgehead atoms. The summed E-state index contributed by atoms with van der Waals surface area (Å²) in [6.07, 6.45) is -0.175. The number of carbonyl (C=O) groups is 1. The van der Waals surface area contributed by atoms with Crippen LogP contribution in [0.5, 0.6) is 0 Å². The van der Waals surface area contributed by atoms with Crippen LogP contribution in [0.3, 0.4) is 0 Å². The molecule has 1 aromatic carbocycles. The number of nitrogens with zero attached hydrogens (tertiary/aromatic N) is 2. The highest BCUT2D eigenvalue weighted by molar-refractivity contribution is 7.89. The summed E-state index contributed by atoms with van der Waals surface area (Å²) in [7, 11) is -4.43. The minimum atomic E-state index is -4.82. The van der Waals surface area contributed by atoms with Gasteiger partial charge in [-0.05, 0) is 43.9 Å². The van der Waals surface area contributed by atoms with E-state index in [1.165, 1.54) is 6.92 Å². The lowest BCUT2D eigenvalue weighted by atomic mass is 9.89. The number of aryl methyl sites for hydroxylation is 1. The van der Waals surface area contributed by atoms with Crippen LogP contribution in [0.1, 0.15) is 53.8 Å². The van der Waals surface area contributed by atoms with E-state index in [1.807, 2.05) is 0 Å². The number of hydrogen-bond acceptors (Lipinski definition) is 4. The van der Waals surface area contributed by atoms with Crippen LogP contribution in [0, 0.1) is 18.7 Å². The zero-order valence-electron chi connectivity index (χ0n) is 16.7. The number of sulfonamides is 1. The molecule has 7 nitrogen and oxygen atoms in total. The summed E-state index contributed by atoms with van der Waals surface area (Å²) in [4.78, 5) is 12.0. The predicted octanol–water partition coefficient (Wildman–Crippen LogP) is 3.83. The molecule has 0 spiro atoms. The van der Waals surface area contributed by atoms with Crippen LogP contribution in [-0.2, 0) is 22.7 Å². The van der Waals surface area contributed by atoms with Gasteiger partial charge in [-0.1, -0.05) is 19.3 Å². The molecule has 170 valence electrons. The fourth-order valence-corrected chi connectivity index (χ4v) is 4.52. The van der Waals surface area contributed by atoms with Gasteiger partial charge in [-0.3, -0.25) is 9.48 Å². The molecule has 0 saturated heterocycles. The van der Waals surface area contributed by atoms with Gasteiger partial charge in [0.1, 0.15) is 22.0 Å².